The van der Waals surface area contributed by atoms with Gasteiger partial charge in [0.2, 0.25) is 0 Å². The van der Waals surface area contributed by atoms with Gasteiger partial charge in [0.1, 0.15) is 11.3 Å². The molecule has 3 aromatic rings. The molecule has 0 N–H and O–H groups in total. The van der Waals surface area contributed by atoms with E-state index in [9.17, 15) is 4.79 Å². The van der Waals surface area contributed by atoms with Crippen LogP contribution in [0.2, 0.25) is 0 Å². The maximum Gasteiger partial charge on any atom is 0.267 e. The molecule has 0 spiro atoms. The monoisotopic (exact) mass is 366 g/mol. The van der Waals surface area contributed by atoms with Gasteiger partial charge in [0.05, 0.1) is 12.2 Å². The zero-order chi connectivity index (χ0) is 17.5. The number of thioether (sulfide) groups is 1. The smallest absolute Gasteiger partial charge is 0.267 e. The lowest BCUT2D eigenvalue weighted by atomic mass is 10.00. The summed E-state index contributed by atoms with van der Waals surface area (Å²) >= 11 is 1.87. The summed E-state index contributed by atoms with van der Waals surface area (Å²) in [5.74, 6) is 3.32. The Kier molecular flexibility index (Phi) is 3.85. The molecular formula is C18H18N6OS. The number of hydrogen-bond acceptors (Lipinski definition) is 7. The van der Waals surface area contributed by atoms with E-state index in [1.807, 2.05) is 23.9 Å². The molecule has 3 aromatic heterocycles. The zero-order valence-corrected chi connectivity index (χ0v) is 15.0. The molecule has 8 heteroatoms. The largest absolute Gasteiger partial charge is 0.356 e. The molecule has 0 aromatic carbocycles. The average molecular weight is 366 g/mol. The fourth-order valence-electron chi connectivity index (χ4n) is 3.52. The van der Waals surface area contributed by atoms with Gasteiger partial charge in [-0.15, -0.1) is 0 Å². The van der Waals surface area contributed by atoms with Crippen LogP contribution >= 0.6 is 11.8 Å². The zero-order valence-electron chi connectivity index (χ0n) is 14.2. The van der Waals surface area contributed by atoms with Crippen molar-refractivity contribution in [3.05, 3.63) is 52.2 Å². The maximum atomic E-state index is 12.3. The van der Waals surface area contributed by atoms with Crippen LogP contribution in [-0.4, -0.2) is 43.6 Å². The topological polar surface area (TPSA) is 76.8 Å². The van der Waals surface area contributed by atoms with Gasteiger partial charge in [-0.3, -0.25) is 9.78 Å². The highest BCUT2D eigenvalue weighted by Gasteiger charge is 2.29. The van der Waals surface area contributed by atoms with Gasteiger partial charge < -0.3 is 4.90 Å². The molecule has 5 heterocycles. The Morgan fingerprint density at radius 3 is 3.00 bits per heavy atom. The second kappa shape index (κ2) is 6.35. The number of nitrogens with zero attached hydrogens (tertiary/aromatic N) is 6. The molecule has 0 amide bonds. The van der Waals surface area contributed by atoms with E-state index >= 15 is 0 Å². The fourth-order valence-corrected chi connectivity index (χ4v) is 4.47. The summed E-state index contributed by atoms with van der Waals surface area (Å²) in [6.07, 6.45) is 4.29. The minimum atomic E-state index is 0.0174. The van der Waals surface area contributed by atoms with Crippen LogP contribution < -0.4 is 10.5 Å². The normalized spacial score (nSPS) is 17.2. The number of pyridine rings is 1. The SMILES string of the molecule is O=c1cc2c(nn1CC1CN(c3ccc4nccnc4n3)C1)CCSC2. The highest BCUT2D eigenvalue weighted by molar-refractivity contribution is 7.98. The quantitative estimate of drug-likeness (QED) is 0.695. The molecule has 0 atom stereocenters. The maximum absolute atomic E-state index is 12.3. The van der Waals surface area contributed by atoms with Gasteiger partial charge in [-0.2, -0.15) is 16.9 Å². The molecule has 132 valence electrons. The molecule has 1 saturated heterocycles. The Morgan fingerprint density at radius 1 is 1.19 bits per heavy atom. The van der Waals surface area contributed by atoms with Crippen molar-refractivity contribution < 1.29 is 0 Å². The molecular weight excluding hydrogens is 348 g/mol. The van der Waals surface area contributed by atoms with E-state index in [1.165, 1.54) is 0 Å². The first-order valence-corrected chi connectivity index (χ1v) is 9.92. The molecule has 0 radical (unpaired) electrons. The predicted octanol–water partition coefficient (Wildman–Crippen LogP) is 1.51. The lowest BCUT2D eigenvalue weighted by Crippen LogP contribution is -2.50. The number of rotatable bonds is 3. The van der Waals surface area contributed by atoms with E-state index in [-0.39, 0.29) is 5.56 Å². The first kappa shape index (κ1) is 15.7. The number of hydrogen-bond donors (Lipinski definition) is 0. The van der Waals surface area contributed by atoms with Crippen LogP contribution in [0.3, 0.4) is 0 Å². The number of fused-ring (bicyclic) bond motifs is 2. The van der Waals surface area contributed by atoms with E-state index < -0.39 is 0 Å². The third-order valence-corrected chi connectivity index (χ3v) is 5.94. The van der Waals surface area contributed by atoms with Crippen LogP contribution in [0.25, 0.3) is 11.2 Å². The molecule has 2 aliphatic heterocycles. The summed E-state index contributed by atoms with van der Waals surface area (Å²) in [5.41, 5.74) is 3.69. The second-order valence-corrected chi connectivity index (χ2v) is 7.88. The Labute approximate surface area is 154 Å². The summed E-state index contributed by atoms with van der Waals surface area (Å²) in [5, 5.41) is 4.61. The molecule has 0 unspecified atom stereocenters. The number of anilines is 1. The summed E-state index contributed by atoms with van der Waals surface area (Å²) in [4.78, 5) is 27.6. The van der Waals surface area contributed by atoms with Crippen molar-refractivity contribution in [3.63, 3.8) is 0 Å². The standard InChI is InChI=1S/C18H18N6OS/c25-17-7-13-11-26-6-3-14(13)22-24(17)10-12-8-23(9-12)16-2-1-15-18(21-16)20-5-4-19-15/h1-2,4-5,7,12H,3,6,8-11H2. The van der Waals surface area contributed by atoms with Crippen molar-refractivity contribution in [1.82, 2.24) is 24.7 Å². The van der Waals surface area contributed by atoms with Crippen LogP contribution in [-0.2, 0) is 18.7 Å². The minimum absolute atomic E-state index is 0.0174. The molecule has 26 heavy (non-hydrogen) atoms. The van der Waals surface area contributed by atoms with Crippen LogP contribution in [0.15, 0.2) is 35.4 Å². The lowest BCUT2D eigenvalue weighted by Gasteiger charge is -2.40. The fraction of sp³-hybridized carbons (Fsp3) is 0.389. The van der Waals surface area contributed by atoms with Crippen molar-refractivity contribution >= 4 is 28.7 Å². The average Bonchev–Trinajstić information content (AvgIpc) is 2.64. The summed E-state index contributed by atoms with van der Waals surface area (Å²) < 4.78 is 1.65. The van der Waals surface area contributed by atoms with Crippen molar-refractivity contribution in [1.29, 1.82) is 0 Å². The van der Waals surface area contributed by atoms with Gasteiger partial charge in [0.15, 0.2) is 5.65 Å². The number of aromatic nitrogens is 5. The molecule has 0 bridgehead atoms. The van der Waals surface area contributed by atoms with Crippen LogP contribution in [0.5, 0.6) is 0 Å². The van der Waals surface area contributed by atoms with Crippen molar-refractivity contribution in [2.75, 3.05) is 23.7 Å². The predicted molar refractivity (Wildman–Crippen MR) is 101 cm³/mol. The Balaban J connectivity index is 1.29. The number of aryl methyl sites for hydroxylation is 1. The van der Waals surface area contributed by atoms with Crippen LogP contribution in [0, 0.1) is 5.92 Å². The first-order chi connectivity index (χ1) is 12.8. The summed E-state index contributed by atoms with van der Waals surface area (Å²) in [7, 11) is 0. The molecule has 5 rings (SSSR count). The van der Waals surface area contributed by atoms with Gasteiger partial charge in [-0.1, -0.05) is 0 Å². The molecule has 0 aliphatic carbocycles. The van der Waals surface area contributed by atoms with Gasteiger partial charge in [0.25, 0.3) is 5.56 Å². The van der Waals surface area contributed by atoms with Crippen LogP contribution in [0.4, 0.5) is 5.82 Å². The van der Waals surface area contributed by atoms with Gasteiger partial charge in [-0.25, -0.2) is 14.6 Å². The second-order valence-electron chi connectivity index (χ2n) is 6.78. The Bertz CT molecular complexity index is 1030. The molecule has 0 saturated carbocycles. The molecule has 1 fully saturated rings. The van der Waals surface area contributed by atoms with Crippen molar-refractivity contribution in [2.24, 2.45) is 5.92 Å². The van der Waals surface area contributed by atoms with E-state index in [0.29, 0.717) is 18.1 Å². The molecule has 7 nitrogen and oxygen atoms in total. The van der Waals surface area contributed by atoms with Crippen molar-refractivity contribution in [2.45, 2.75) is 18.7 Å². The van der Waals surface area contributed by atoms with Gasteiger partial charge >= 0.3 is 0 Å². The third-order valence-electron chi connectivity index (χ3n) is 4.93. The van der Waals surface area contributed by atoms with Crippen LogP contribution in [0.1, 0.15) is 11.3 Å². The summed E-state index contributed by atoms with van der Waals surface area (Å²) in [6, 6.07) is 5.70. The Morgan fingerprint density at radius 2 is 2.08 bits per heavy atom. The van der Waals surface area contributed by atoms with E-state index in [2.05, 4.69) is 25.0 Å². The van der Waals surface area contributed by atoms with E-state index in [1.54, 1.807) is 23.1 Å². The minimum Gasteiger partial charge on any atom is -0.356 e. The summed E-state index contributed by atoms with van der Waals surface area (Å²) in [6.45, 7) is 2.42. The Hall–Kier alpha value is -2.48. The highest BCUT2D eigenvalue weighted by atomic mass is 32.2. The van der Waals surface area contributed by atoms with Crippen molar-refractivity contribution in [3.8, 4) is 0 Å². The van der Waals surface area contributed by atoms with Gasteiger partial charge in [-0.05, 0) is 23.4 Å². The van der Waals surface area contributed by atoms with E-state index in [4.69, 9.17) is 0 Å². The highest BCUT2D eigenvalue weighted by Crippen LogP contribution is 2.25. The lowest BCUT2D eigenvalue weighted by molar-refractivity contribution is 0.331. The van der Waals surface area contributed by atoms with Gasteiger partial charge in [0, 0.05) is 49.6 Å². The third kappa shape index (κ3) is 2.84. The first-order valence-electron chi connectivity index (χ1n) is 8.77. The molecule has 2 aliphatic rings. The van der Waals surface area contributed by atoms with E-state index in [0.717, 1.165) is 53.6 Å².